The molecule has 0 amide bonds. The maximum Gasteiger partial charge on any atom is 0.124 e. The molecule has 19 heavy (non-hydrogen) atoms. The molecule has 100 valence electrons. The lowest BCUT2D eigenvalue weighted by atomic mass is 10.1. The third-order valence-electron chi connectivity index (χ3n) is 2.79. The lowest BCUT2D eigenvalue weighted by Crippen LogP contribution is -2.18. The van der Waals surface area contributed by atoms with Crippen LogP contribution in [-0.2, 0) is 6.42 Å². The lowest BCUT2D eigenvalue weighted by molar-refractivity contribution is 0.626. The maximum atomic E-state index is 13.0. The van der Waals surface area contributed by atoms with E-state index in [4.69, 9.17) is 0 Å². The van der Waals surface area contributed by atoms with E-state index in [-0.39, 0.29) is 5.82 Å². The highest BCUT2D eigenvalue weighted by molar-refractivity contribution is 14.1. The van der Waals surface area contributed by atoms with Gasteiger partial charge in [0, 0.05) is 19.8 Å². The highest BCUT2D eigenvalue weighted by atomic mass is 127. The first-order valence-corrected chi connectivity index (χ1v) is 7.88. The minimum Gasteiger partial charge on any atom is -0.381 e. The summed E-state index contributed by atoms with van der Waals surface area (Å²) in [5.41, 5.74) is 2.26. The van der Waals surface area contributed by atoms with Gasteiger partial charge in [-0.15, -0.1) is 0 Å². The molecule has 0 heterocycles. The fourth-order valence-corrected chi connectivity index (χ4v) is 2.79. The number of nitrogens with one attached hydrogen (secondary N) is 1. The van der Waals surface area contributed by atoms with E-state index < -0.39 is 0 Å². The number of anilines is 1. The lowest BCUT2D eigenvalue weighted by Gasteiger charge is -2.16. The summed E-state index contributed by atoms with van der Waals surface area (Å²) in [7, 11) is 0. The van der Waals surface area contributed by atoms with Crippen LogP contribution in [0.4, 0.5) is 10.1 Å². The maximum absolute atomic E-state index is 13.0. The molecule has 0 saturated carbocycles. The van der Waals surface area contributed by atoms with Crippen LogP contribution < -0.4 is 5.32 Å². The quantitative estimate of drug-likeness (QED) is 0.650. The van der Waals surface area contributed by atoms with E-state index in [0.717, 1.165) is 20.2 Å². The van der Waals surface area contributed by atoms with Crippen molar-refractivity contribution in [3.63, 3.8) is 0 Å². The van der Waals surface area contributed by atoms with Crippen molar-refractivity contribution in [2.45, 2.75) is 19.4 Å². The number of rotatable bonds is 4. The Morgan fingerprint density at radius 2 is 1.89 bits per heavy atom. The molecule has 1 atom stereocenters. The molecule has 2 aromatic rings. The molecule has 1 unspecified atom stereocenters. The summed E-state index contributed by atoms with van der Waals surface area (Å²) in [5.74, 6) is -0.199. The summed E-state index contributed by atoms with van der Waals surface area (Å²) < 4.78 is 15.0. The van der Waals surface area contributed by atoms with Gasteiger partial charge < -0.3 is 5.32 Å². The first-order chi connectivity index (χ1) is 9.04. The predicted molar refractivity (Wildman–Crippen MR) is 90.0 cm³/mol. The van der Waals surface area contributed by atoms with Crippen molar-refractivity contribution in [3.05, 3.63) is 61.9 Å². The van der Waals surface area contributed by atoms with Gasteiger partial charge in [-0.3, -0.25) is 0 Å². The van der Waals surface area contributed by atoms with Crippen LogP contribution in [0.25, 0.3) is 0 Å². The second-order valence-electron chi connectivity index (χ2n) is 4.50. The Bertz CT molecular complexity index is 557. The van der Waals surface area contributed by atoms with Crippen molar-refractivity contribution in [2.24, 2.45) is 0 Å². The predicted octanol–water partition coefficient (Wildman–Crippen LogP) is 5.24. The zero-order chi connectivity index (χ0) is 13.8. The van der Waals surface area contributed by atoms with Crippen LogP contribution in [0.5, 0.6) is 0 Å². The number of halogens is 3. The van der Waals surface area contributed by atoms with Crippen LogP contribution in [0.15, 0.2) is 46.9 Å². The molecular weight excluding hydrogens is 420 g/mol. The fraction of sp³-hybridized carbons (Fsp3) is 0.200. The number of benzene rings is 2. The van der Waals surface area contributed by atoms with E-state index in [1.54, 1.807) is 6.07 Å². The van der Waals surface area contributed by atoms with Crippen molar-refractivity contribution < 1.29 is 4.39 Å². The monoisotopic (exact) mass is 433 g/mol. The van der Waals surface area contributed by atoms with Crippen LogP contribution in [0.1, 0.15) is 12.5 Å². The summed E-state index contributed by atoms with van der Waals surface area (Å²) in [5, 5.41) is 3.41. The molecule has 0 aliphatic rings. The van der Waals surface area contributed by atoms with Gasteiger partial charge in [-0.2, -0.15) is 0 Å². The van der Waals surface area contributed by atoms with Crippen LogP contribution in [-0.4, -0.2) is 6.04 Å². The molecule has 0 saturated heterocycles. The fourth-order valence-electron chi connectivity index (χ4n) is 1.90. The van der Waals surface area contributed by atoms with Gasteiger partial charge in [0.15, 0.2) is 0 Å². The Morgan fingerprint density at radius 1 is 1.21 bits per heavy atom. The van der Waals surface area contributed by atoms with Crippen molar-refractivity contribution in [1.82, 2.24) is 0 Å². The minimum absolute atomic E-state index is 0.199. The third-order valence-corrected chi connectivity index (χ3v) is 4.21. The van der Waals surface area contributed by atoms with E-state index in [0.29, 0.717) is 6.04 Å². The van der Waals surface area contributed by atoms with Gasteiger partial charge in [0.2, 0.25) is 0 Å². The standard InChI is InChI=1S/C15H14BrFIN/c1-10(8-11-2-4-12(16)5-3-11)19-15-7-6-13(17)9-14(15)18/h2-7,9-10,19H,8H2,1H3. The second kappa shape index (κ2) is 6.70. The smallest absolute Gasteiger partial charge is 0.124 e. The second-order valence-corrected chi connectivity index (χ2v) is 6.58. The van der Waals surface area contributed by atoms with E-state index in [9.17, 15) is 4.39 Å². The van der Waals surface area contributed by atoms with E-state index >= 15 is 0 Å². The van der Waals surface area contributed by atoms with Crippen molar-refractivity contribution in [3.8, 4) is 0 Å². The summed E-state index contributed by atoms with van der Waals surface area (Å²) in [6.45, 7) is 2.13. The summed E-state index contributed by atoms with van der Waals surface area (Å²) >= 11 is 5.58. The summed E-state index contributed by atoms with van der Waals surface area (Å²) in [4.78, 5) is 0. The molecule has 0 spiro atoms. The Labute approximate surface area is 134 Å². The first-order valence-electron chi connectivity index (χ1n) is 6.00. The van der Waals surface area contributed by atoms with E-state index in [2.05, 4.69) is 62.9 Å². The molecule has 0 aromatic heterocycles. The van der Waals surface area contributed by atoms with Gasteiger partial charge in [0.05, 0.1) is 0 Å². The SMILES string of the molecule is CC(Cc1ccc(Br)cc1)Nc1ccc(F)cc1I. The average molecular weight is 434 g/mol. The molecule has 2 rings (SSSR count). The number of hydrogen-bond acceptors (Lipinski definition) is 1. The molecule has 2 aromatic carbocycles. The van der Waals surface area contributed by atoms with Gasteiger partial charge in [-0.05, 0) is 71.8 Å². The highest BCUT2D eigenvalue weighted by Crippen LogP contribution is 2.21. The molecule has 0 fully saturated rings. The zero-order valence-corrected chi connectivity index (χ0v) is 14.2. The molecule has 4 heteroatoms. The largest absolute Gasteiger partial charge is 0.381 e. The van der Waals surface area contributed by atoms with Gasteiger partial charge >= 0.3 is 0 Å². The normalized spacial score (nSPS) is 12.2. The van der Waals surface area contributed by atoms with Crippen LogP contribution >= 0.6 is 38.5 Å². The molecular formula is C15H14BrFIN. The van der Waals surface area contributed by atoms with Gasteiger partial charge in [0.1, 0.15) is 5.82 Å². The van der Waals surface area contributed by atoms with Gasteiger partial charge in [-0.1, -0.05) is 28.1 Å². The minimum atomic E-state index is -0.199. The van der Waals surface area contributed by atoms with E-state index in [1.165, 1.54) is 17.7 Å². The zero-order valence-electron chi connectivity index (χ0n) is 10.5. The van der Waals surface area contributed by atoms with Crippen molar-refractivity contribution in [1.29, 1.82) is 0 Å². The topological polar surface area (TPSA) is 12.0 Å². The molecule has 0 aliphatic carbocycles. The van der Waals surface area contributed by atoms with Crippen molar-refractivity contribution >= 4 is 44.2 Å². The third kappa shape index (κ3) is 4.45. The van der Waals surface area contributed by atoms with Crippen LogP contribution in [0, 0.1) is 9.39 Å². The van der Waals surface area contributed by atoms with E-state index in [1.807, 2.05) is 12.1 Å². The van der Waals surface area contributed by atoms with Gasteiger partial charge in [-0.25, -0.2) is 4.39 Å². The first kappa shape index (κ1) is 14.8. The Hall–Kier alpha value is -0.620. The molecule has 0 bridgehead atoms. The van der Waals surface area contributed by atoms with Crippen LogP contribution in [0.3, 0.4) is 0 Å². The van der Waals surface area contributed by atoms with Crippen molar-refractivity contribution in [2.75, 3.05) is 5.32 Å². The Balaban J connectivity index is 2.01. The number of hydrogen-bond donors (Lipinski definition) is 1. The molecule has 1 nitrogen and oxygen atoms in total. The Kier molecular flexibility index (Phi) is 5.21. The summed E-state index contributed by atoms with van der Waals surface area (Å²) in [6.07, 6.45) is 0.931. The molecule has 0 aliphatic heterocycles. The van der Waals surface area contributed by atoms with Gasteiger partial charge in [0.25, 0.3) is 0 Å². The molecule has 1 N–H and O–H groups in total. The summed E-state index contributed by atoms with van der Waals surface area (Å²) in [6, 6.07) is 13.4. The average Bonchev–Trinajstić information content (AvgIpc) is 2.36. The Morgan fingerprint density at radius 3 is 2.53 bits per heavy atom. The molecule has 0 radical (unpaired) electrons. The highest BCUT2D eigenvalue weighted by Gasteiger charge is 2.07. The van der Waals surface area contributed by atoms with Crippen LogP contribution in [0.2, 0.25) is 0 Å².